The molecule has 1 aliphatic heterocycles. The molecule has 0 radical (unpaired) electrons. The van der Waals surface area contributed by atoms with Crippen molar-refractivity contribution in [2.75, 3.05) is 18.5 Å². The lowest BCUT2D eigenvalue weighted by Gasteiger charge is -2.15. The zero-order chi connectivity index (χ0) is 13.3. The van der Waals surface area contributed by atoms with Crippen LogP contribution in [0, 0.1) is 5.92 Å². The molecule has 1 heterocycles. The number of rotatable bonds is 2. The van der Waals surface area contributed by atoms with Crippen molar-refractivity contribution >= 4 is 50.7 Å². The maximum absolute atomic E-state index is 12.0. The molecule has 0 aliphatic carbocycles. The molecule has 1 aromatic rings. The number of hydrogen-bond acceptors (Lipinski definition) is 3. The summed E-state index contributed by atoms with van der Waals surface area (Å²) in [5.74, 6) is -0.566. The fourth-order valence-electron chi connectivity index (χ4n) is 1.69. The van der Waals surface area contributed by atoms with Crippen molar-refractivity contribution < 1.29 is 9.53 Å². The standard InChI is InChI=1S/C11H11BrCl2N2O2/c12-6-1-2-8(10(14)9(6)13)16-11(17)5-3-18-4-7(5)15/h1-2,5,7H,3-4,15H2,(H,16,17). The Morgan fingerprint density at radius 3 is 2.72 bits per heavy atom. The van der Waals surface area contributed by atoms with E-state index in [9.17, 15) is 4.79 Å². The third kappa shape index (κ3) is 2.81. The monoisotopic (exact) mass is 352 g/mol. The molecular weight excluding hydrogens is 343 g/mol. The highest BCUT2D eigenvalue weighted by molar-refractivity contribution is 9.10. The first-order valence-corrected chi connectivity index (χ1v) is 6.83. The van der Waals surface area contributed by atoms with Crippen LogP contribution in [0.2, 0.25) is 10.0 Å². The Balaban J connectivity index is 2.14. The molecule has 1 saturated heterocycles. The Labute approximate surface area is 123 Å². The highest BCUT2D eigenvalue weighted by Gasteiger charge is 2.31. The van der Waals surface area contributed by atoms with Crippen molar-refractivity contribution in [3.8, 4) is 0 Å². The molecule has 0 bridgehead atoms. The maximum atomic E-state index is 12.0. The normalized spacial score (nSPS) is 23.1. The second-order valence-electron chi connectivity index (χ2n) is 4.02. The largest absolute Gasteiger partial charge is 0.379 e. The molecule has 4 nitrogen and oxygen atoms in total. The molecule has 1 aromatic carbocycles. The number of nitrogens with one attached hydrogen (secondary N) is 1. The molecule has 1 aliphatic rings. The van der Waals surface area contributed by atoms with E-state index in [1.54, 1.807) is 12.1 Å². The van der Waals surface area contributed by atoms with Gasteiger partial charge in [0.15, 0.2) is 0 Å². The minimum atomic E-state index is -0.358. The third-order valence-corrected chi connectivity index (χ3v) is 4.53. The summed E-state index contributed by atoms with van der Waals surface area (Å²) in [7, 11) is 0. The Morgan fingerprint density at radius 2 is 2.11 bits per heavy atom. The summed E-state index contributed by atoms with van der Waals surface area (Å²) in [4.78, 5) is 12.0. The van der Waals surface area contributed by atoms with Gasteiger partial charge in [-0.15, -0.1) is 0 Å². The Hall–Kier alpha value is -0.330. The van der Waals surface area contributed by atoms with E-state index in [0.29, 0.717) is 33.4 Å². The van der Waals surface area contributed by atoms with E-state index in [-0.39, 0.29) is 17.9 Å². The number of amides is 1. The van der Waals surface area contributed by atoms with Gasteiger partial charge in [-0.1, -0.05) is 23.2 Å². The van der Waals surface area contributed by atoms with Gasteiger partial charge < -0.3 is 15.8 Å². The number of carbonyl (C=O) groups excluding carboxylic acids is 1. The number of anilines is 1. The number of halogens is 3. The van der Waals surface area contributed by atoms with Crippen LogP contribution in [-0.4, -0.2) is 25.2 Å². The number of nitrogens with two attached hydrogens (primary N) is 1. The number of benzene rings is 1. The molecule has 18 heavy (non-hydrogen) atoms. The summed E-state index contributed by atoms with van der Waals surface area (Å²) in [5.41, 5.74) is 6.24. The Bertz CT molecular complexity index is 484. The average molecular weight is 354 g/mol. The van der Waals surface area contributed by atoms with Gasteiger partial charge in [-0.3, -0.25) is 4.79 Å². The summed E-state index contributed by atoms with van der Waals surface area (Å²) >= 11 is 15.3. The fraction of sp³-hybridized carbons (Fsp3) is 0.364. The summed E-state index contributed by atoms with van der Waals surface area (Å²) in [6.07, 6.45) is 0. The molecule has 1 amide bonds. The first-order chi connectivity index (χ1) is 8.50. The van der Waals surface area contributed by atoms with Crippen LogP contribution in [0.25, 0.3) is 0 Å². The van der Waals surface area contributed by atoms with E-state index in [1.807, 2.05) is 0 Å². The number of ether oxygens (including phenoxy) is 1. The minimum absolute atomic E-state index is 0.208. The van der Waals surface area contributed by atoms with Crippen LogP contribution in [0.15, 0.2) is 16.6 Å². The van der Waals surface area contributed by atoms with E-state index in [1.165, 1.54) is 0 Å². The van der Waals surface area contributed by atoms with Crippen molar-refractivity contribution in [2.45, 2.75) is 6.04 Å². The SMILES string of the molecule is NC1COCC1C(=O)Nc1ccc(Br)c(Cl)c1Cl. The van der Waals surface area contributed by atoms with Crippen molar-refractivity contribution in [1.82, 2.24) is 0 Å². The molecule has 7 heteroatoms. The van der Waals surface area contributed by atoms with Crippen LogP contribution in [0.5, 0.6) is 0 Å². The topological polar surface area (TPSA) is 64.3 Å². The van der Waals surface area contributed by atoms with Gasteiger partial charge in [0.25, 0.3) is 0 Å². The second kappa shape index (κ2) is 5.75. The summed E-state index contributed by atoms with van der Waals surface area (Å²) in [6.45, 7) is 0.724. The van der Waals surface area contributed by atoms with Gasteiger partial charge in [-0.05, 0) is 28.1 Å². The zero-order valence-corrected chi connectivity index (χ0v) is 12.3. The van der Waals surface area contributed by atoms with Gasteiger partial charge in [0, 0.05) is 10.5 Å². The Kier molecular flexibility index (Phi) is 4.50. The lowest BCUT2D eigenvalue weighted by Crippen LogP contribution is -2.37. The van der Waals surface area contributed by atoms with Crippen LogP contribution in [0.4, 0.5) is 5.69 Å². The highest BCUT2D eigenvalue weighted by Crippen LogP contribution is 2.36. The van der Waals surface area contributed by atoms with Crippen molar-refractivity contribution in [2.24, 2.45) is 11.7 Å². The van der Waals surface area contributed by atoms with E-state index >= 15 is 0 Å². The van der Waals surface area contributed by atoms with Crippen LogP contribution < -0.4 is 11.1 Å². The van der Waals surface area contributed by atoms with E-state index in [0.717, 1.165) is 0 Å². The molecule has 1 fully saturated rings. The second-order valence-corrected chi connectivity index (χ2v) is 5.63. The highest BCUT2D eigenvalue weighted by atomic mass is 79.9. The van der Waals surface area contributed by atoms with Gasteiger partial charge in [-0.2, -0.15) is 0 Å². The molecule has 2 unspecified atom stereocenters. The fourth-order valence-corrected chi connectivity index (χ4v) is 2.51. The van der Waals surface area contributed by atoms with Crippen LogP contribution in [-0.2, 0) is 9.53 Å². The molecule has 98 valence electrons. The van der Waals surface area contributed by atoms with Crippen LogP contribution in [0.3, 0.4) is 0 Å². The maximum Gasteiger partial charge on any atom is 0.231 e. The smallest absolute Gasteiger partial charge is 0.231 e. The van der Waals surface area contributed by atoms with Gasteiger partial charge in [0.2, 0.25) is 5.91 Å². The Morgan fingerprint density at radius 1 is 1.39 bits per heavy atom. The predicted molar refractivity (Wildman–Crippen MR) is 75.1 cm³/mol. The third-order valence-electron chi connectivity index (χ3n) is 2.75. The van der Waals surface area contributed by atoms with E-state index < -0.39 is 0 Å². The van der Waals surface area contributed by atoms with Crippen LogP contribution >= 0.6 is 39.1 Å². The number of carbonyl (C=O) groups is 1. The molecular formula is C11H11BrCl2N2O2. The average Bonchev–Trinajstić information content (AvgIpc) is 2.76. The minimum Gasteiger partial charge on any atom is -0.379 e. The van der Waals surface area contributed by atoms with Gasteiger partial charge in [0.05, 0.1) is 34.9 Å². The predicted octanol–water partition coefficient (Wildman–Crippen LogP) is 2.67. The van der Waals surface area contributed by atoms with E-state index in [2.05, 4.69) is 21.2 Å². The van der Waals surface area contributed by atoms with Gasteiger partial charge >= 0.3 is 0 Å². The first-order valence-electron chi connectivity index (χ1n) is 5.28. The van der Waals surface area contributed by atoms with Crippen molar-refractivity contribution in [1.29, 1.82) is 0 Å². The molecule has 3 N–H and O–H groups in total. The molecule has 2 rings (SSSR count). The van der Waals surface area contributed by atoms with Crippen molar-refractivity contribution in [3.05, 3.63) is 26.7 Å². The lowest BCUT2D eigenvalue weighted by molar-refractivity contribution is -0.120. The van der Waals surface area contributed by atoms with Gasteiger partial charge in [0.1, 0.15) is 0 Å². The summed E-state index contributed by atoms with van der Waals surface area (Å²) < 4.78 is 5.82. The zero-order valence-electron chi connectivity index (χ0n) is 9.25. The van der Waals surface area contributed by atoms with E-state index in [4.69, 9.17) is 33.7 Å². The lowest BCUT2D eigenvalue weighted by atomic mass is 10.0. The summed E-state index contributed by atoms with van der Waals surface area (Å²) in [5, 5.41) is 3.37. The molecule has 0 saturated carbocycles. The molecule has 0 spiro atoms. The van der Waals surface area contributed by atoms with Gasteiger partial charge in [-0.25, -0.2) is 0 Å². The quantitative estimate of drug-likeness (QED) is 0.803. The van der Waals surface area contributed by atoms with Crippen LogP contribution in [0.1, 0.15) is 0 Å². The van der Waals surface area contributed by atoms with Crippen molar-refractivity contribution in [3.63, 3.8) is 0 Å². The molecule has 0 aromatic heterocycles. The molecule has 2 atom stereocenters. The number of hydrogen-bond donors (Lipinski definition) is 2. The summed E-state index contributed by atoms with van der Waals surface area (Å²) in [6, 6.07) is 3.11. The first kappa shape index (κ1) is 14.1.